The van der Waals surface area contributed by atoms with Gasteiger partial charge in [0.2, 0.25) is 0 Å². The van der Waals surface area contributed by atoms with Crippen LogP contribution in [0.3, 0.4) is 0 Å². The number of anilines is 1. The molecule has 2 aromatic carbocycles. The number of rotatable bonds is 6. The fourth-order valence-corrected chi connectivity index (χ4v) is 2.74. The highest BCUT2D eigenvalue weighted by molar-refractivity contribution is 5.97. The summed E-state index contributed by atoms with van der Waals surface area (Å²) in [7, 11) is 0. The second-order valence-electron chi connectivity index (χ2n) is 6.17. The van der Waals surface area contributed by atoms with Gasteiger partial charge in [0.15, 0.2) is 0 Å². The molecule has 0 radical (unpaired) electrons. The van der Waals surface area contributed by atoms with Crippen LogP contribution in [0, 0.1) is 27.7 Å². The topological polar surface area (TPSA) is 61.4 Å². The molecule has 4 nitrogen and oxygen atoms in total. The van der Waals surface area contributed by atoms with Gasteiger partial charge in [0, 0.05) is 24.3 Å². The SMILES string of the molecule is Cc1cc(C)c(CNc2cccc(C(=O)NCCO)c2C)cc1C. The van der Waals surface area contributed by atoms with Gasteiger partial charge in [0.25, 0.3) is 5.91 Å². The Bertz CT molecular complexity index is 739. The maximum atomic E-state index is 12.1. The first-order valence-corrected chi connectivity index (χ1v) is 8.23. The van der Waals surface area contributed by atoms with E-state index in [0.29, 0.717) is 5.56 Å². The summed E-state index contributed by atoms with van der Waals surface area (Å²) in [4.78, 5) is 12.1. The predicted octanol–water partition coefficient (Wildman–Crippen LogP) is 3.25. The summed E-state index contributed by atoms with van der Waals surface area (Å²) < 4.78 is 0. The Morgan fingerprint density at radius 3 is 2.46 bits per heavy atom. The number of carbonyl (C=O) groups is 1. The zero-order valence-electron chi connectivity index (χ0n) is 14.9. The Morgan fingerprint density at radius 1 is 1.04 bits per heavy atom. The average Bonchev–Trinajstić information content (AvgIpc) is 2.55. The van der Waals surface area contributed by atoms with Crippen LogP contribution in [0.4, 0.5) is 5.69 Å². The van der Waals surface area contributed by atoms with E-state index in [1.165, 1.54) is 22.3 Å². The average molecular weight is 326 g/mol. The second-order valence-corrected chi connectivity index (χ2v) is 6.17. The largest absolute Gasteiger partial charge is 0.395 e. The Kier molecular flexibility index (Phi) is 5.99. The number of aliphatic hydroxyl groups is 1. The highest BCUT2D eigenvalue weighted by Gasteiger charge is 2.11. The molecule has 2 aromatic rings. The lowest BCUT2D eigenvalue weighted by atomic mass is 10.0. The van der Waals surface area contributed by atoms with Crippen molar-refractivity contribution in [2.24, 2.45) is 0 Å². The number of amides is 1. The van der Waals surface area contributed by atoms with E-state index in [2.05, 4.69) is 43.5 Å². The Hall–Kier alpha value is -2.33. The molecule has 0 aliphatic heterocycles. The Morgan fingerprint density at radius 2 is 1.75 bits per heavy atom. The van der Waals surface area contributed by atoms with Gasteiger partial charge in [-0.1, -0.05) is 18.2 Å². The van der Waals surface area contributed by atoms with E-state index in [0.717, 1.165) is 17.8 Å². The molecule has 0 aliphatic carbocycles. The van der Waals surface area contributed by atoms with Gasteiger partial charge in [-0.25, -0.2) is 0 Å². The molecule has 128 valence electrons. The molecule has 0 saturated carbocycles. The molecule has 0 spiro atoms. The molecule has 1 amide bonds. The lowest BCUT2D eigenvalue weighted by Crippen LogP contribution is -2.27. The van der Waals surface area contributed by atoms with Gasteiger partial charge in [-0.05, 0) is 67.6 Å². The molecular formula is C20H26N2O2. The minimum atomic E-state index is -0.160. The van der Waals surface area contributed by atoms with Crippen LogP contribution >= 0.6 is 0 Å². The molecule has 24 heavy (non-hydrogen) atoms. The highest BCUT2D eigenvalue weighted by atomic mass is 16.3. The van der Waals surface area contributed by atoms with Gasteiger partial charge in [0.05, 0.1) is 6.61 Å². The summed E-state index contributed by atoms with van der Waals surface area (Å²) in [6.07, 6.45) is 0. The van der Waals surface area contributed by atoms with Crippen molar-refractivity contribution in [2.75, 3.05) is 18.5 Å². The number of aliphatic hydroxyl groups excluding tert-OH is 1. The molecule has 0 bridgehead atoms. The van der Waals surface area contributed by atoms with Gasteiger partial charge in [-0.15, -0.1) is 0 Å². The van der Waals surface area contributed by atoms with Crippen molar-refractivity contribution in [3.8, 4) is 0 Å². The van der Waals surface area contributed by atoms with Crippen molar-refractivity contribution in [3.63, 3.8) is 0 Å². The first-order valence-electron chi connectivity index (χ1n) is 8.23. The van der Waals surface area contributed by atoms with E-state index >= 15 is 0 Å². The number of aryl methyl sites for hydroxylation is 3. The van der Waals surface area contributed by atoms with Crippen molar-refractivity contribution in [1.82, 2.24) is 5.32 Å². The molecule has 0 unspecified atom stereocenters. The number of hydrogen-bond acceptors (Lipinski definition) is 3. The second kappa shape index (κ2) is 7.97. The summed E-state index contributed by atoms with van der Waals surface area (Å²) in [5.74, 6) is -0.160. The maximum absolute atomic E-state index is 12.1. The van der Waals surface area contributed by atoms with E-state index in [1.807, 2.05) is 19.1 Å². The summed E-state index contributed by atoms with van der Waals surface area (Å²) in [6, 6.07) is 10.1. The third kappa shape index (κ3) is 4.15. The summed E-state index contributed by atoms with van der Waals surface area (Å²) >= 11 is 0. The van der Waals surface area contributed by atoms with Crippen LogP contribution in [0.1, 0.15) is 38.2 Å². The molecular weight excluding hydrogens is 300 g/mol. The highest BCUT2D eigenvalue weighted by Crippen LogP contribution is 2.21. The van der Waals surface area contributed by atoms with Gasteiger partial charge >= 0.3 is 0 Å². The standard InChI is InChI=1S/C20H26N2O2/c1-13-10-15(3)17(11-14(13)2)12-22-19-7-5-6-18(16(19)4)20(24)21-8-9-23/h5-7,10-11,22-23H,8-9,12H2,1-4H3,(H,21,24). The van der Waals surface area contributed by atoms with E-state index in [9.17, 15) is 4.79 Å². The van der Waals surface area contributed by atoms with Gasteiger partial charge < -0.3 is 15.7 Å². The molecule has 2 rings (SSSR count). The number of nitrogens with one attached hydrogen (secondary N) is 2. The molecule has 4 heteroatoms. The minimum absolute atomic E-state index is 0.0607. The Balaban J connectivity index is 2.16. The zero-order chi connectivity index (χ0) is 17.7. The lowest BCUT2D eigenvalue weighted by molar-refractivity contribution is 0.0944. The van der Waals surface area contributed by atoms with Crippen molar-refractivity contribution in [1.29, 1.82) is 0 Å². The van der Waals surface area contributed by atoms with Crippen LogP contribution in [-0.4, -0.2) is 24.2 Å². The first kappa shape index (κ1) is 18.0. The van der Waals surface area contributed by atoms with Crippen LogP contribution in [0.5, 0.6) is 0 Å². The van der Waals surface area contributed by atoms with E-state index in [1.54, 1.807) is 6.07 Å². The fraction of sp³-hybridized carbons (Fsp3) is 0.350. The van der Waals surface area contributed by atoms with Gasteiger partial charge in [0.1, 0.15) is 0 Å². The van der Waals surface area contributed by atoms with E-state index < -0.39 is 0 Å². The zero-order valence-corrected chi connectivity index (χ0v) is 14.9. The summed E-state index contributed by atoms with van der Waals surface area (Å²) in [5.41, 5.74) is 7.60. The van der Waals surface area contributed by atoms with Crippen LogP contribution < -0.4 is 10.6 Å². The number of hydrogen-bond donors (Lipinski definition) is 3. The predicted molar refractivity (Wildman–Crippen MR) is 98.6 cm³/mol. The van der Waals surface area contributed by atoms with Crippen LogP contribution in [0.25, 0.3) is 0 Å². The molecule has 0 saturated heterocycles. The fourth-order valence-electron chi connectivity index (χ4n) is 2.74. The first-order chi connectivity index (χ1) is 11.4. The lowest BCUT2D eigenvalue weighted by Gasteiger charge is -2.15. The maximum Gasteiger partial charge on any atom is 0.251 e. The van der Waals surface area contributed by atoms with Crippen LogP contribution in [0.15, 0.2) is 30.3 Å². The summed E-state index contributed by atoms with van der Waals surface area (Å²) in [5, 5.41) is 15.0. The van der Waals surface area contributed by atoms with Gasteiger partial charge in [-0.3, -0.25) is 4.79 Å². The van der Waals surface area contributed by atoms with Gasteiger partial charge in [-0.2, -0.15) is 0 Å². The number of benzene rings is 2. The smallest absolute Gasteiger partial charge is 0.251 e. The third-order valence-electron chi connectivity index (χ3n) is 4.40. The normalized spacial score (nSPS) is 10.5. The quantitative estimate of drug-likeness (QED) is 0.763. The minimum Gasteiger partial charge on any atom is -0.395 e. The molecule has 0 heterocycles. The third-order valence-corrected chi connectivity index (χ3v) is 4.40. The van der Waals surface area contributed by atoms with Crippen molar-refractivity contribution < 1.29 is 9.90 Å². The van der Waals surface area contributed by atoms with Crippen molar-refractivity contribution in [2.45, 2.75) is 34.2 Å². The molecule has 0 aliphatic rings. The molecule has 3 N–H and O–H groups in total. The van der Waals surface area contributed by atoms with Crippen molar-refractivity contribution >= 4 is 11.6 Å². The van der Waals surface area contributed by atoms with Crippen LogP contribution in [0.2, 0.25) is 0 Å². The monoisotopic (exact) mass is 326 g/mol. The van der Waals surface area contributed by atoms with Crippen molar-refractivity contribution in [3.05, 3.63) is 63.7 Å². The van der Waals surface area contributed by atoms with E-state index in [4.69, 9.17) is 5.11 Å². The Labute approximate surface area is 143 Å². The molecule has 0 aromatic heterocycles. The molecule has 0 atom stereocenters. The van der Waals surface area contributed by atoms with E-state index in [-0.39, 0.29) is 19.1 Å². The number of carbonyl (C=O) groups excluding carboxylic acids is 1. The molecule has 0 fully saturated rings. The van der Waals surface area contributed by atoms with Crippen LogP contribution in [-0.2, 0) is 6.54 Å². The summed E-state index contributed by atoms with van der Waals surface area (Å²) in [6.45, 7) is 9.22.